The minimum absolute atomic E-state index is 0.155. The molecule has 2 unspecified atom stereocenters. The predicted octanol–water partition coefficient (Wildman–Crippen LogP) is 2.74. The summed E-state index contributed by atoms with van der Waals surface area (Å²) < 4.78 is 11.1. The average molecular weight is 279 g/mol. The summed E-state index contributed by atoms with van der Waals surface area (Å²) in [7, 11) is 1.61. The van der Waals surface area contributed by atoms with Crippen molar-refractivity contribution in [2.24, 2.45) is 11.3 Å². The number of rotatable bonds is 4. The molecule has 1 aliphatic heterocycles. The van der Waals surface area contributed by atoms with Crippen molar-refractivity contribution in [3.05, 3.63) is 12.3 Å². The lowest BCUT2D eigenvalue weighted by Crippen LogP contribution is -2.42. The second-order valence-corrected chi connectivity index (χ2v) is 6.36. The van der Waals surface area contributed by atoms with Crippen molar-refractivity contribution >= 4 is 5.95 Å². The molecule has 1 N–H and O–H groups in total. The van der Waals surface area contributed by atoms with Gasteiger partial charge in [0.25, 0.3) is 0 Å². The van der Waals surface area contributed by atoms with E-state index in [2.05, 4.69) is 36.1 Å². The summed E-state index contributed by atoms with van der Waals surface area (Å²) in [4.78, 5) is 8.49. The third-order valence-electron chi connectivity index (χ3n) is 3.66. The van der Waals surface area contributed by atoms with Gasteiger partial charge in [0.05, 0.1) is 13.2 Å². The van der Waals surface area contributed by atoms with Crippen molar-refractivity contribution in [3.63, 3.8) is 0 Å². The number of ether oxygens (including phenoxy) is 2. The highest BCUT2D eigenvalue weighted by Crippen LogP contribution is 2.34. The largest absolute Gasteiger partial charge is 0.481 e. The Morgan fingerprint density at radius 1 is 1.45 bits per heavy atom. The van der Waals surface area contributed by atoms with Crippen LogP contribution in [0.4, 0.5) is 5.95 Å². The normalized spacial score (nSPS) is 23.4. The first-order chi connectivity index (χ1) is 9.50. The van der Waals surface area contributed by atoms with E-state index < -0.39 is 0 Å². The zero-order valence-corrected chi connectivity index (χ0v) is 12.8. The van der Waals surface area contributed by atoms with E-state index in [4.69, 9.17) is 9.47 Å². The van der Waals surface area contributed by atoms with Gasteiger partial charge in [-0.15, -0.1) is 0 Å². The molecule has 0 radical (unpaired) electrons. The molecule has 1 saturated heterocycles. The van der Waals surface area contributed by atoms with E-state index in [0.29, 0.717) is 17.7 Å². The lowest BCUT2D eigenvalue weighted by molar-refractivity contribution is -0.0814. The van der Waals surface area contributed by atoms with Crippen molar-refractivity contribution in [1.82, 2.24) is 9.97 Å². The Morgan fingerprint density at radius 2 is 2.25 bits per heavy atom. The third-order valence-corrected chi connectivity index (χ3v) is 3.66. The summed E-state index contributed by atoms with van der Waals surface area (Å²) in [6, 6.07) is 1.74. The Hall–Kier alpha value is -1.36. The Morgan fingerprint density at radius 3 is 2.95 bits per heavy atom. The molecule has 1 fully saturated rings. The SMILES string of the molecule is COc1ccnc(NCC2CCCOC2C(C)(C)C)n1. The first kappa shape index (κ1) is 15.0. The van der Waals surface area contributed by atoms with Gasteiger partial charge in [0.2, 0.25) is 11.8 Å². The van der Waals surface area contributed by atoms with Gasteiger partial charge in [-0.05, 0) is 18.3 Å². The summed E-state index contributed by atoms with van der Waals surface area (Å²) in [5, 5.41) is 3.31. The van der Waals surface area contributed by atoms with Gasteiger partial charge in [0.1, 0.15) is 0 Å². The zero-order valence-electron chi connectivity index (χ0n) is 12.8. The van der Waals surface area contributed by atoms with Crippen LogP contribution in [0, 0.1) is 11.3 Å². The minimum Gasteiger partial charge on any atom is -0.481 e. The smallest absolute Gasteiger partial charge is 0.225 e. The number of methoxy groups -OCH3 is 1. The Balaban J connectivity index is 1.97. The highest BCUT2D eigenvalue weighted by atomic mass is 16.5. The number of nitrogens with one attached hydrogen (secondary N) is 1. The lowest BCUT2D eigenvalue weighted by Gasteiger charge is -2.40. The number of nitrogens with zero attached hydrogens (tertiary/aromatic N) is 2. The van der Waals surface area contributed by atoms with Crippen LogP contribution in [-0.2, 0) is 4.74 Å². The van der Waals surface area contributed by atoms with E-state index in [1.165, 1.54) is 6.42 Å². The van der Waals surface area contributed by atoms with Gasteiger partial charge >= 0.3 is 0 Å². The van der Waals surface area contributed by atoms with E-state index in [0.717, 1.165) is 19.6 Å². The fourth-order valence-electron chi connectivity index (χ4n) is 2.77. The van der Waals surface area contributed by atoms with Crippen LogP contribution in [0.1, 0.15) is 33.6 Å². The average Bonchev–Trinajstić information content (AvgIpc) is 2.44. The molecule has 2 heterocycles. The second-order valence-electron chi connectivity index (χ2n) is 6.36. The Labute approximate surface area is 121 Å². The van der Waals surface area contributed by atoms with E-state index in [9.17, 15) is 0 Å². The van der Waals surface area contributed by atoms with E-state index >= 15 is 0 Å². The maximum atomic E-state index is 5.98. The van der Waals surface area contributed by atoms with Gasteiger partial charge in [-0.25, -0.2) is 4.98 Å². The highest BCUT2D eigenvalue weighted by molar-refractivity contribution is 5.27. The fraction of sp³-hybridized carbons (Fsp3) is 0.733. The number of anilines is 1. The van der Waals surface area contributed by atoms with Crippen LogP contribution in [0.3, 0.4) is 0 Å². The molecule has 0 saturated carbocycles. The van der Waals surface area contributed by atoms with Crippen molar-refractivity contribution in [3.8, 4) is 5.88 Å². The Bertz CT molecular complexity index is 431. The van der Waals surface area contributed by atoms with Crippen molar-refractivity contribution in [2.75, 3.05) is 25.6 Å². The first-order valence-corrected chi connectivity index (χ1v) is 7.23. The second kappa shape index (κ2) is 6.39. The van der Waals surface area contributed by atoms with Gasteiger partial charge in [-0.2, -0.15) is 4.98 Å². The predicted molar refractivity (Wildman–Crippen MR) is 79.0 cm³/mol. The molecule has 2 atom stereocenters. The third kappa shape index (κ3) is 3.82. The molecule has 0 spiro atoms. The van der Waals surface area contributed by atoms with Crippen LogP contribution in [0.25, 0.3) is 0 Å². The van der Waals surface area contributed by atoms with Gasteiger partial charge < -0.3 is 14.8 Å². The summed E-state index contributed by atoms with van der Waals surface area (Å²) in [5.41, 5.74) is 0.155. The lowest BCUT2D eigenvalue weighted by atomic mass is 9.78. The molecular weight excluding hydrogens is 254 g/mol. The summed E-state index contributed by atoms with van der Waals surface area (Å²) in [6.45, 7) is 8.40. The van der Waals surface area contributed by atoms with Crippen LogP contribution >= 0.6 is 0 Å². The minimum atomic E-state index is 0.155. The van der Waals surface area contributed by atoms with Crippen LogP contribution in [0.5, 0.6) is 5.88 Å². The fourth-order valence-corrected chi connectivity index (χ4v) is 2.77. The van der Waals surface area contributed by atoms with Crippen molar-refractivity contribution < 1.29 is 9.47 Å². The molecule has 0 bridgehead atoms. The number of hydrogen-bond acceptors (Lipinski definition) is 5. The van der Waals surface area contributed by atoms with E-state index in [1.54, 1.807) is 19.4 Å². The summed E-state index contributed by atoms with van der Waals surface area (Å²) >= 11 is 0. The van der Waals surface area contributed by atoms with Crippen LogP contribution in [-0.4, -0.2) is 36.3 Å². The van der Waals surface area contributed by atoms with Crippen molar-refractivity contribution in [1.29, 1.82) is 0 Å². The van der Waals surface area contributed by atoms with Gasteiger partial charge in [-0.3, -0.25) is 0 Å². The molecule has 112 valence electrons. The van der Waals surface area contributed by atoms with Gasteiger partial charge in [0.15, 0.2) is 0 Å². The molecule has 1 aromatic heterocycles. The maximum absolute atomic E-state index is 5.98. The maximum Gasteiger partial charge on any atom is 0.225 e. The number of aromatic nitrogens is 2. The molecule has 0 aromatic carbocycles. The van der Waals surface area contributed by atoms with E-state index in [-0.39, 0.29) is 11.5 Å². The molecule has 2 rings (SSSR count). The molecule has 1 aliphatic rings. The molecule has 20 heavy (non-hydrogen) atoms. The molecule has 1 aromatic rings. The van der Waals surface area contributed by atoms with Crippen LogP contribution in [0.2, 0.25) is 0 Å². The first-order valence-electron chi connectivity index (χ1n) is 7.23. The van der Waals surface area contributed by atoms with Crippen LogP contribution < -0.4 is 10.1 Å². The topological polar surface area (TPSA) is 56.3 Å². The number of hydrogen-bond donors (Lipinski definition) is 1. The molecule has 0 amide bonds. The summed E-state index contributed by atoms with van der Waals surface area (Å²) in [6.07, 6.45) is 4.28. The summed E-state index contributed by atoms with van der Waals surface area (Å²) in [5.74, 6) is 1.68. The molecule has 5 nitrogen and oxygen atoms in total. The molecule has 0 aliphatic carbocycles. The zero-order chi connectivity index (χ0) is 14.6. The van der Waals surface area contributed by atoms with Crippen molar-refractivity contribution in [2.45, 2.75) is 39.7 Å². The quantitative estimate of drug-likeness (QED) is 0.918. The monoisotopic (exact) mass is 279 g/mol. The van der Waals surface area contributed by atoms with Gasteiger partial charge in [0, 0.05) is 31.3 Å². The van der Waals surface area contributed by atoms with E-state index in [1.807, 2.05) is 0 Å². The van der Waals surface area contributed by atoms with Crippen LogP contribution in [0.15, 0.2) is 12.3 Å². The molecule has 5 heteroatoms. The Kier molecular flexibility index (Phi) is 4.81. The highest BCUT2D eigenvalue weighted by Gasteiger charge is 2.35. The van der Waals surface area contributed by atoms with Gasteiger partial charge in [-0.1, -0.05) is 20.8 Å². The molecular formula is C15H25N3O2. The standard InChI is InChI=1S/C15H25N3O2/c1-15(2,3)13-11(6-5-9-20-13)10-17-14-16-8-7-12(18-14)19-4/h7-8,11,13H,5-6,9-10H2,1-4H3,(H,16,17,18).